The van der Waals surface area contributed by atoms with Crippen molar-refractivity contribution in [1.29, 1.82) is 0 Å². The van der Waals surface area contributed by atoms with E-state index < -0.39 is 8.07 Å². The number of benzene rings is 1. The van der Waals surface area contributed by atoms with Crippen molar-refractivity contribution in [3.8, 4) is 0 Å². The first kappa shape index (κ1) is 23.0. The van der Waals surface area contributed by atoms with E-state index in [1.165, 1.54) is 17.3 Å². The van der Waals surface area contributed by atoms with Crippen LogP contribution in [-0.4, -0.2) is 54.5 Å². The average molecular weight is 429 g/mol. The Balaban J connectivity index is 1.64. The molecule has 0 bridgehead atoms. The van der Waals surface area contributed by atoms with Gasteiger partial charge in [-0.25, -0.2) is 4.68 Å². The first-order valence-electron chi connectivity index (χ1n) is 11.4. The predicted octanol–water partition coefficient (Wildman–Crippen LogP) is 4.99. The molecule has 0 amide bonds. The molecule has 0 spiro atoms. The summed E-state index contributed by atoms with van der Waals surface area (Å²) >= 11 is 0. The van der Waals surface area contributed by atoms with E-state index in [0.29, 0.717) is 6.73 Å². The summed E-state index contributed by atoms with van der Waals surface area (Å²) in [5.74, 6) is 1.09. The van der Waals surface area contributed by atoms with Crippen molar-refractivity contribution in [1.82, 2.24) is 14.7 Å². The third kappa shape index (κ3) is 5.96. The minimum Gasteiger partial charge on any atom is -0.360 e. The van der Waals surface area contributed by atoms with E-state index in [4.69, 9.17) is 9.84 Å². The van der Waals surface area contributed by atoms with Gasteiger partial charge >= 0.3 is 0 Å². The predicted molar refractivity (Wildman–Crippen MR) is 129 cm³/mol. The third-order valence-electron chi connectivity index (χ3n) is 6.32. The normalized spacial score (nSPS) is 20.7. The topological polar surface area (TPSA) is 33.5 Å². The van der Waals surface area contributed by atoms with Crippen molar-refractivity contribution in [2.75, 3.05) is 31.1 Å². The van der Waals surface area contributed by atoms with Crippen molar-refractivity contribution in [2.45, 2.75) is 71.7 Å². The Morgan fingerprint density at radius 2 is 1.87 bits per heavy atom. The van der Waals surface area contributed by atoms with Crippen molar-refractivity contribution >= 4 is 13.9 Å². The van der Waals surface area contributed by atoms with Gasteiger partial charge in [0.25, 0.3) is 0 Å². The summed E-state index contributed by atoms with van der Waals surface area (Å²) in [6.45, 7) is 19.5. The summed E-state index contributed by atoms with van der Waals surface area (Å²) in [6.07, 6.45) is 1.09. The van der Waals surface area contributed by atoms with Crippen molar-refractivity contribution < 1.29 is 4.74 Å². The summed E-state index contributed by atoms with van der Waals surface area (Å²) in [6, 6.07) is 14.2. The molecule has 166 valence electrons. The fourth-order valence-electron chi connectivity index (χ4n) is 4.11. The van der Waals surface area contributed by atoms with Crippen molar-refractivity contribution in [3.63, 3.8) is 0 Å². The number of anilines is 1. The van der Waals surface area contributed by atoms with Crippen LogP contribution in [0.3, 0.4) is 0 Å². The molecule has 0 aliphatic carbocycles. The quantitative estimate of drug-likeness (QED) is 0.416. The number of hydrogen-bond acceptors (Lipinski definition) is 4. The van der Waals surface area contributed by atoms with Gasteiger partial charge in [-0.1, -0.05) is 56.9 Å². The van der Waals surface area contributed by atoms with Crippen LogP contribution in [0.5, 0.6) is 0 Å². The van der Waals surface area contributed by atoms with E-state index in [1.807, 2.05) is 4.68 Å². The van der Waals surface area contributed by atoms with Crippen LogP contribution in [0.4, 0.5) is 5.82 Å². The van der Waals surface area contributed by atoms with E-state index in [1.54, 1.807) is 0 Å². The van der Waals surface area contributed by atoms with Crippen molar-refractivity contribution in [3.05, 3.63) is 47.7 Å². The maximum atomic E-state index is 5.95. The average Bonchev–Trinajstić information content (AvgIpc) is 3.05. The Labute approximate surface area is 184 Å². The lowest BCUT2D eigenvalue weighted by Crippen LogP contribution is -2.60. The second kappa shape index (κ2) is 9.67. The molecule has 1 unspecified atom stereocenters. The molecule has 5 nitrogen and oxygen atoms in total. The SMILES string of the molecule is CCC1(C)CN(Cc2ccccc2)CCN1c1cc(C)n(COCC[Si](C)(C)C)n1. The van der Waals surface area contributed by atoms with Gasteiger partial charge in [0.2, 0.25) is 0 Å². The van der Waals surface area contributed by atoms with Gasteiger partial charge in [0.1, 0.15) is 6.73 Å². The molecule has 1 aliphatic heterocycles. The van der Waals surface area contributed by atoms with E-state index in [0.717, 1.165) is 45.0 Å². The van der Waals surface area contributed by atoms with Gasteiger partial charge < -0.3 is 9.64 Å². The molecule has 0 saturated carbocycles. The molecule has 1 aliphatic rings. The minimum atomic E-state index is -1.06. The number of aryl methyl sites for hydroxylation is 1. The highest BCUT2D eigenvalue weighted by Crippen LogP contribution is 2.31. The molecule has 1 fully saturated rings. The smallest absolute Gasteiger partial charge is 0.151 e. The van der Waals surface area contributed by atoms with E-state index in [-0.39, 0.29) is 5.54 Å². The molecule has 1 atom stereocenters. The number of nitrogens with zero attached hydrogens (tertiary/aromatic N) is 4. The second-order valence-corrected chi connectivity index (χ2v) is 15.8. The monoisotopic (exact) mass is 428 g/mol. The Hall–Kier alpha value is -1.63. The summed E-state index contributed by atoms with van der Waals surface area (Å²) in [7, 11) is -1.06. The number of rotatable bonds is 9. The number of ether oxygens (including phenoxy) is 1. The molecule has 6 heteroatoms. The third-order valence-corrected chi connectivity index (χ3v) is 8.03. The van der Waals surface area contributed by atoms with Gasteiger partial charge in [0.05, 0.1) is 5.54 Å². The highest BCUT2D eigenvalue weighted by atomic mass is 28.3. The molecular weight excluding hydrogens is 388 g/mol. The minimum absolute atomic E-state index is 0.0807. The van der Waals surface area contributed by atoms with Crippen LogP contribution in [-0.2, 0) is 18.0 Å². The van der Waals surface area contributed by atoms with Gasteiger partial charge in [-0.3, -0.25) is 4.90 Å². The largest absolute Gasteiger partial charge is 0.360 e. The Bertz CT molecular complexity index is 801. The van der Waals surface area contributed by atoms with Crippen LogP contribution < -0.4 is 4.90 Å². The van der Waals surface area contributed by atoms with Crippen LogP contribution in [0.2, 0.25) is 25.7 Å². The molecule has 0 N–H and O–H groups in total. The zero-order valence-electron chi connectivity index (χ0n) is 19.8. The molecule has 30 heavy (non-hydrogen) atoms. The van der Waals surface area contributed by atoms with Crippen molar-refractivity contribution in [2.24, 2.45) is 0 Å². The number of hydrogen-bond donors (Lipinski definition) is 0. The number of aromatic nitrogens is 2. The molecule has 1 aromatic heterocycles. The maximum absolute atomic E-state index is 5.95. The lowest BCUT2D eigenvalue weighted by atomic mass is 9.92. The second-order valence-electron chi connectivity index (χ2n) is 10.2. The first-order chi connectivity index (χ1) is 14.2. The maximum Gasteiger partial charge on any atom is 0.151 e. The fourth-order valence-corrected chi connectivity index (χ4v) is 4.87. The molecule has 2 aromatic rings. The van der Waals surface area contributed by atoms with Crippen LogP contribution in [0.15, 0.2) is 36.4 Å². The Morgan fingerprint density at radius 3 is 2.53 bits per heavy atom. The van der Waals surface area contributed by atoms with Gasteiger partial charge in [0, 0.05) is 52.6 Å². The Morgan fingerprint density at radius 1 is 1.13 bits per heavy atom. The van der Waals surface area contributed by atoms with Gasteiger partial charge in [0.15, 0.2) is 5.82 Å². The molecule has 2 heterocycles. The van der Waals surface area contributed by atoms with E-state index in [2.05, 4.69) is 86.6 Å². The van der Waals surface area contributed by atoms with Gasteiger partial charge in [-0.15, -0.1) is 0 Å². The first-order valence-corrected chi connectivity index (χ1v) is 15.1. The number of piperazine rings is 1. The van der Waals surface area contributed by atoms with Crippen LogP contribution in [0.1, 0.15) is 31.5 Å². The van der Waals surface area contributed by atoms with Gasteiger partial charge in [-0.05, 0) is 31.9 Å². The van der Waals surface area contributed by atoms with Crippen LogP contribution >= 0.6 is 0 Å². The summed E-state index contributed by atoms with van der Waals surface area (Å²) in [4.78, 5) is 5.10. The lowest BCUT2D eigenvalue weighted by Gasteiger charge is -2.49. The molecule has 1 saturated heterocycles. The van der Waals surface area contributed by atoms with Gasteiger partial charge in [-0.2, -0.15) is 5.10 Å². The van der Waals surface area contributed by atoms with E-state index >= 15 is 0 Å². The highest BCUT2D eigenvalue weighted by Gasteiger charge is 2.37. The molecule has 0 radical (unpaired) electrons. The molecule has 3 rings (SSSR count). The zero-order valence-corrected chi connectivity index (χ0v) is 20.8. The Kier molecular flexibility index (Phi) is 7.42. The standard InChI is InChI=1S/C24H40N4OSi/c1-7-24(3)19-26(18-22-11-9-8-10-12-22)13-14-27(24)23-17-21(2)28(25-23)20-29-15-16-30(4,5)6/h8-12,17H,7,13-16,18-20H2,1-6H3. The molecule has 1 aromatic carbocycles. The summed E-state index contributed by atoms with van der Waals surface area (Å²) < 4.78 is 7.97. The zero-order chi connectivity index (χ0) is 21.8. The fraction of sp³-hybridized carbons (Fsp3) is 0.625. The summed E-state index contributed by atoms with van der Waals surface area (Å²) in [5, 5.41) is 4.93. The molecular formula is C24H40N4OSi. The highest BCUT2D eigenvalue weighted by molar-refractivity contribution is 6.76. The van der Waals surface area contributed by atoms with Crippen LogP contribution in [0.25, 0.3) is 0 Å². The van der Waals surface area contributed by atoms with E-state index in [9.17, 15) is 0 Å². The van der Waals surface area contributed by atoms with Crippen LogP contribution in [0, 0.1) is 6.92 Å². The summed E-state index contributed by atoms with van der Waals surface area (Å²) in [5.41, 5.74) is 2.64. The lowest BCUT2D eigenvalue weighted by molar-refractivity contribution is 0.0770.